The van der Waals surface area contributed by atoms with Crippen LogP contribution in [0.2, 0.25) is 0 Å². The summed E-state index contributed by atoms with van der Waals surface area (Å²) in [6.07, 6.45) is 3.52. The lowest BCUT2D eigenvalue weighted by Crippen LogP contribution is -2.54. The van der Waals surface area contributed by atoms with Gasteiger partial charge in [-0.1, -0.05) is 27.7 Å². The van der Waals surface area contributed by atoms with Gasteiger partial charge in [-0.25, -0.2) is 0 Å². The fraction of sp³-hybridized carbons (Fsp3) is 1.00. The molecule has 0 rings (SSSR count). The van der Waals surface area contributed by atoms with Crippen molar-refractivity contribution in [3.8, 4) is 0 Å². The Morgan fingerprint density at radius 3 is 1.87 bits per heavy atom. The third kappa shape index (κ3) is 3.76. The highest BCUT2D eigenvalue weighted by Gasteiger charge is 2.32. The molecule has 0 aromatic carbocycles. The Kier molecular flexibility index (Phi) is 6.46. The lowest BCUT2D eigenvalue weighted by Gasteiger charge is -2.44. The zero-order valence-corrected chi connectivity index (χ0v) is 11.5. The van der Waals surface area contributed by atoms with Gasteiger partial charge in [0.1, 0.15) is 0 Å². The van der Waals surface area contributed by atoms with Gasteiger partial charge >= 0.3 is 0 Å². The molecule has 0 amide bonds. The first-order valence-corrected chi connectivity index (χ1v) is 6.36. The zero-order chi connectivity index (χ0) is 12.1. The van der Waals surface area contributed by atoms with Gasteiger partial charge in [0.25, 0.3) is 0 Å². The van der Waals surface area contributed by atoms with Crippen molar-refractivity contribution in [3.63, 3.8) is 0 Å². The summed E-state index contributed by atoms with van der Waals surface area (Å²) in [6.45, 7) is 12.1. The molecule has 0 aromatic heterocycles. The second kappa shape index (κ2) is 6.49. The summed E-state index contributed by atoms with van der Waals surface area (Å²) >= 11 is 0. The molecular formula is C13H30N2. The molecule has 2 nitrogen and oxygen atoms in total. The van der Waals surface area contributed by atoms with E-state index in [-0.39, 0.29) is 5.54 Å². The molecule has 1 unspecified atom stereocenters. The first-order chi connectivity index (χ1) is 6.93. The first-order valence-electron chi connectivity index (χ1n) is 6.36. The number of nitrogens with zero attached hydrogens (tertiary/aromatic N) is 1. The smallest absolute Gasteiger partial charge is 0.0326 e. The Morgan fingerprint density at radius 2 is 1.60 bits per heavy atom. The van der Waals surface area contributed by atoms with E-state index in [4.69, 9.17) is 5.73 Å². The normalized spacial score (nSPS) is 15.0. The van der Waals surface area contributed by atoms with E-state index in [1.165, 1.54) is 6.42 Å². The monoisotopic (exact) mass is 214 g/mol. The predicted molar refractivity (Wildman–Crippen MR) is 69.0 cm³/mol. The summed E-state index contributed by atoms with van der Waals surface area (Å²) in [4.78, 5) is 2.49. The van der Waals surface area contributed by atoms with Crippen LogP contribution in [0.4, 0.5) is 0 Å². The summed E-state index contributed by atoms with van der Waals surface area (Å²) < 4.78 is 0. The zero-order valence-electron chi connectivity index (χ0n) is 11.5. The van der Waals surface area contributed by atoms with E-state index in [1.54, 1.807) is 0 Å². The molecule has 0 saturated carbocycles. The van der Waals surface area contributed by atoms with E-state index in [0.29, 0.717) is 6.04 Å². The van der Waals surface area contributed by atoms with Crippen molar-refractivity contribution in [2.24, 2.45) is 11.7 Å². The van der Waals surface area contributed by atoms with E-state index in [0.717, 1.165) is 25.3 Å². The largest absolute Gasteiger partial charge is 0.329 e. The fourth-order valence-electron chi connectivity index (χ4n) is 2.49. The van der Waals surface area contributed by atoms with Gasteiger partial charge in [0.2, 0.25) is 0 Å². The van der Waals surface area contributed by atoms with E-state index in [1.807, 2.05) is 0 Å². The van der Waals surface area contributed by atoms with Crippen LogP contribution in [0, 0.1) is 5.92 Å². The van der Waals surface area contributed by atoms with E-state index < -0.39 is 0 Å². The average molecular weight is 214 g/mol. The van der Waals surface area contributed by atoms with Crippen LogP contribution in [-0.2, 0) is 0 Å². The van der Waals surface area contributed by atoms with Crippen molar-refractivity contribution in [2.75, 3.05) is 13.6 Å². The molecular weight excluding hydrogens is 184 g/mol. The predicted octanol–water partition coefficient (Wildman–Crippen LogP) is 2.87. The quantitative estimate of drug-likeness (QED) is 0.706. The van der Waals surface area contributed by atoms with Gasteiger partial charge in [-0.3, -0.25) is 4.90 Å². The van der Waals surface area contributed by atoms with Crippen molar-refractivity contribution in [2.45, 2.75) is 65.5 Å². The number of nitrogens with two attached hydrogens (primary N) is 1. The van der Waals surface area contributed by atoms with Gasteiger partial charge in [0.05, 0.1) is 0 Å². The van der Waals surface area contributed by atoms with Crippen LogP contribution in [-0.4, -0.2) is 30.1 Å². The summed E-state index contributed by atoms with van der Waals surface area (Å²) in [5.41, 5.74) is 6.16. The molecule has 0 aliphatic rings. The van der Waals surface area contributed by atoms with Crippen LogP contribution in [0.15, 0.2) is 0 Å². The summed E-state index contributed by atoms with van der Waals surface area (Å²) in [6, 6.07) is 0.619. The molecule has 0 heterocycles. The third-order valence-corrected chi connectivity index (χ3v) is 3.92. The van der Waals surface area contributed by atoms with Gasteiger partial charge in [-0.2, -0.15) is 0 Å². The van der Waals surface area contributed by atoms with Crippen LogP contribution in [0.1, 0.15) is 53.9 Å². The Bertz CT molecular complexity index is 154. The Hall–Kier alpha value is -0.0800. The molecule has 0 saturated heterocycles. The van der Waals surface area contributed by atoms with Crippen LogP contribution in [0.3, 0.4) is 0 Å². The Morgan fingerprint density at radius 1 is 1.13 bits per heavy atom. The summed E-state index contributed by atoms with van der Waals surface area (Å²) in [7, 11) is 2.23. The van der Waals surface area contributed by atoms with Gasteiger partial charge in [0.15, 0.2) is 0 Å². The standard InChI is InChI=1S/C13H30N2/c1-7-13(8-2,10-14)15(6)12(5)9-11(3)4/h11-12H,7-10,14H2,1-6H3. The first kappa shape index (κ1) is 14.9. The highest BCUT2D eigenvalue weighted by atomic mass is 15.2. The van der Waals surface area contributed by atoms with E-state index >= 15 is 0 Å². The highest BCUT2D eigenvalue weighted by Crippen LogP contribution is 2.25. The minimum atomic E-state index is 0.203. The average Bonchev–Trinajstić information content (AvgIpc) is 2.20. The molecule has 0 aliphatic carbocycles. The Balaban J connectivity index is 4.55. The molecule has 0 radical (unpaired) electrons. The SMILES string of the molecule is CCC(CC)(CN)N(C)C(C)CC(C)C. The van der Waals surface area contributed by atoms with Crippen LogP contribution in [0.5, 0.6) is 0 Å². The molecule has 0 bridgehead atoms. The van der Waals surface area contributed by atoms with Crippen molar-refractivity contribution in [1.82, 2.24) is 4.90 Å². The number of hydrogen-bond donors (Lipinski definition) is 1. The maximum Gasteiger partial charge on any atom is 0.0326 e. The van der Waals surface area contributed by atoms with Crippen molar-refractivity contribution < 1.29 is 0 Å². The number of hydrogen-bond acceptors (Lipinski definition) is 2. The van der Waals surface area contributed by atoms with Gasteiger partial charge in [0, 0.05) is 18.1 Å². The van der Waals surface area contributed by atoms with Gasteiger partial charge in [-0.05, 0) is 39.2 Å². The summed E-state index contributed by atoms with van der Waals surface area (Å²) in [5, 5.41) is 0. The van der Waals surface area contributed by atoms with Gasteiger partial charge < -0.3 is 5.73 Å². The lowest BCUT2D eigenvalue weighted by molar-refractivity contribution is 0.0668. The van der Waals surface area contributed by atoms with Crippen molar-refractivity contribution >= 4 is 0 Å². The van der Waals surface area contributed by atoms with Crippen LogP contribution >= 0.6 is 0 Å². The molecule has 0 spiro atoms. The molecule has 0 aromatic rings. The molecule has 15 heavy (non-hydrogen) atoms. The third-order valence-electron chi connectivity index (χ3n) is 3.92. The van der Waals surface area contributed by atoms with Gasteiger partial charge in [-0.15, -0.1) is 0 Å². The molecule has 0 fully saturated rings. The summed E-state index contributed by atoms with van der Waals surface area (Å²) in [5.74, 6) is 0.756. The maximum atomic E-state index is 5.96. The van der Waals surface area contributed by atoms with Crippen molar-refractivity contribution in [1.29, 1.82) is 0 Å². The minimum absolute atomic E-state index is 0.203. The minimum Gasteiger partial charge on any atom is -0.329 e. The second-order valence-electron chi connectivity index (χ2n) is 5.23. The van der Waals surface area contributed by atoms with Crippen LogP contribution in [0.25, 0.3) is 0 Å². The molecule has 2 heteroatoms. The molecule has 2 N–H and O–H groups in total. The van der Waals surface area contributed by atoms with E-state index in [2.05, 4.69) is 46.6 Å². The molecule has 0 aliphatic heterocycles. The maximum absolute atomic E-state index is 5.96. The van der Waals surface area contributed by atoms with E-state index in [9.17, 15) is 0 Å². The Labute approximate surface area is 96.2 Å². The number of rotatable bonds is 7. The lowest BCUT2D eigenvalue weighted by atomic mass is 9.88. The fourth-order valence-corrected chi connectivity index (χ4v) is 2.49. The molecule has 1 atom stereocenters. The number of likely N-dealkylation sites (N-methyl/N-ethyl adjacent to an activating group) is 1. The second-order valence-corrected chi connectivity index (χ2v) is 5.23. The van der Waals surface area contributed by atoms with Crippen LogP contribution < -0.4 is 5.73 Å². The highest BCUT2D eigenvalue weighted by molar-refractivity contribution is 4.90. The molecule has 92 valence electrons. The van der Waals surface area contributed by atoms with Crippen molar-refractivity contribution in [3.05, 3.63) is 0 Å². The topological polar surface area (TPSA) is 29.3 Å².